The van der Waals surface area contributed by atoms with Gasteiger partial charge in [-0.1, -0.05) is 18.2 Å². The van der Waals surface area contributed by atoms with E-state index in [0.717, 1.165) is 16.6 Å². The zero-order valence-electron chi connectivity index (χ0n) is 10.2. The predicted octanol–water partition coefficient (Wildman–Crippen LogP) is 3.98. The molecule has 0 aliphatic rings. The van der Waals surface area contributed by atoms with Gasteiger partial charge in [-0.3, -0.25) is 0 Å². The first-order valence-electron chi connectivity index (χ1n) is 5.85. The third-order valence-corrected chi connectivity index (χ3v) is 4.46. The van der Waals surface area contributed by atoms with E-state index in [0.29, 0.717) is 6.61 Å². The van der Waals surface area contributed by atoms with Crippen LogP contribution in [-0.4, -0.2) is 6.04 Å². The zero-order chi connectivity index (χ0) is 13.0. The van der Waals surface area contributed by atoms with Crippen LogP contribution in [0, 0.1) is 0 Å². The molecule has 2 rings (SSSR count). The van der Waals surface area contributed by atoms with Crippen LogP contribution in [0.2, 0.25) is 0 Å². The Morgan fingerprint density at radius 1 is 1.33 bits per heavy atom. The Bertz CT molecular complexity index is 510. The number of halogens is 1. The van der Waals surface area contributed by atoms with Crippen molar-refractivity contribution in [2.75, 3.05) is 0 Å². The molecule has 0 aliphatic heterocycles. The zero-order valence-corrected chi connectivity index (χ0v) is 12.6. The van der Waals surface area contributed by atoms with Crippen LogP contribution >= 0.6 is 27.3 Å². The lowest BCUT2D eigenvalue weighted by Gasteiger charge is -2.12. The molecular weight excluding hydrogens is 310 g/mol. The molecule has 0 amide bonds. The first kappa shape index (κ1) is 13.6. The topological polar surface area (TPSA) is 35.2 Å². The highest BCUT2D eigenvalue weighted by atomic mass is 79.9. The van der Waals surface area contributed by atoms with Crippen LogP contribution in [0.25, 0.3) is 0 Å². The van der Waals surface area contributed by atoms with Crippen LogP contribution in [0.1, 0.15) is 17.4 Å². The third kappa shape index (κ3) is 3.57. The molecule has 0 fully saturated rings. The molecular formula is C14H16BrNOS. The molecule has 2 N–H and O–H groups in total. The Balaban J connectivity index is 2.07. The maximum absolute atomic E-state index is 5.89. The van der Waals surface area contributed by atoms with Crippen molar-refractivity contribution in [3.63, 3.8) is 0 Å². The van der Waals surface area contributed by atoms with E-state index in [1.54, 1.807) is 11.3 Å². The molecule has 1 atom stereocenters. The van der Waals surface area contributed by atoms with Gasteiger partial charge in [0.15, 0.2) is 0 Å². The standard InChI is InChI=1S/C14H16BrNOS/c1-10(16)8-11-4-2-3-5-13(11)17-9-14-12(15)6-7-18-14/h2-7,10H,8-9,16H2,1H3. The van der Waals surface area contributed by atoms with Gasteiger partial charge in [0.25, 0.3) is 0 Å². The van der Waals surface area contributed by atoms with Crippen molar-refractivity contribution in [3.05, 3.63) is 50.6 Å². The number of benzene rings is 1. The van der Waals surface area contributed by atoms with Crippen molar-refractivity contribution in [1.82, 2.24) is 0 Å². The van der Waals surface area contributed by atoms with Gasteiger partial charge in [0.2, 0.25) is 0 Å². The SMILES string of the molecule is CC(N)Cc1ccccc1OCc1sccc1Br. The third-order valence-electron chi connectivity index (χ3n) is 2.56. The molecule has 96 valence electrons. The summed E-state index contributed by atoms with van der Waals surface area (Å²) in [5.41, 5.74) is 7.01. The Morgan fingerprint density at radius 2 is 2.11 bits per heavy atom. The molecule has 18 heavy (non-hydrogen) atoms. The van der Waals surface area contributed by atoms with Gasteiger partial charge in [-0.25, -0.2) is 0 Å². The van der Waals surface area contributed by atoms with Crippen LogP contribution < -0.4 is 10.5 Å². The molecule has 0 spiro atoms. The van der Waals surface area contributed by atoms with E-state index in [-0.39, 0.29) is 6.04 Å². The molecule has 1 unspecified atom stereocenters. The van der Waals surface area contributed by atoms with Gasteiger partial charge in [0, 0.05) is 10.5 Å². The molecule has 0 saturated heterocycles. The number of nitrogens with two attached hydrogens (primary N) is 1. The summed E-state index contributed by atoms with van der Waals surface area (Å²) in [4.78, 5) is 1.20. The fourth-order valence-electron chi connectivity index (χ4n) is 1.73. The molecule has 0 saturated carbocycles. The largest absolute Gasteiger partial charge is 0.488 e. The average molecular weight is 326 g/mol. The van der Waals surface area contributed by atoms with Crippen molar-refractivity contribution < 1.29 is 4.74 Å². The highest BCUT2D eigenvalue weighted by molar-refractivity contribution is 9.10. The Morgan fingerprint density at radius 3 is 2.78 bits per heavy atom. The summed E-state index contributed by atoms with van der Waals surface area (Å²) in [6.45, 7) is 2.60. The summed E-state index contributed by atoms with van der Waals surface area (Å²) in [6.07, 6.45) is 0.835. The van der Waals surface area contributed by atoms with Gasteiger partial charge >= 0.3 is 0 Å². The maximum atomic E-state index is 5.89. The van der Waals surface area contributed by atoms with Gasteiger partial charge in [-0.05, 0) is 52.4 Å². The second-order valence-electron chi connectivity index (χ2n) is 4.27. The van der Waals surface area contributed by atoms with Crippen molar-refractivity contribution in [3.8, 4) is 5.75 Å². The van der Waals surface area contributed by atoms with Gasteiger partial charge in [0.1, 0.15) is 12.4 Å². The summed E-state index contributed by atoms with van der Waals surface area (Å²) in [6, 6.07) is 10.3. The highest BCUT2D eigenvalue weighted by Crippen LogP contribution is 2.26. The molecule has 1 heterocycles. The van der Waals surface area contributed by atoms with E-state index >= 15 is 0 Å². The number of thiophene rings is 1. The summed E-state index contributed by atoms with van der Waals surface area (Å²) < 4.78 is 7.00. The van der Waals surface area contributed by atoms with Crippen LogP contribution in [0.5, 0.6) is 5.75 Å². The number of hydrogen-bond acceptors (Lipinski definition) is 3. The van der Waals surface area contributed by atoms with Crippen LogP contribution in [-0.2, 0) is 13.0 Å². The Labute approximate surface area is 120 Å². The summed E-state index contributed by atoms with van der Waals surface area (Å²) in [7, 11) is 0. The first-order chi connectivity index (χ1) is 8.66. The minimum Gasteiger partial charge on any atom is -0.488 e. The fourth-order valence-corrected chi connectivity index (χ4v) is 3.11. The van der Waals surface area contributed by atoms with Crippen molar-refractivity contribution >= 4 is 27.3 Å². The number of ether oxygens (including phenoxy) is 1. The van der Waals surface area contributed by atoms with Crippen molar-refractivity contribution in [2.45, 2.75) is 26.0 Å². The minimum atomic E-state index is 0.142. The average Bonchev–Trinajstić information content (AvgIpc) is 2.73. The van der Waals surface area contributed by atoms with Gasteiger partial charge < -0.3 is 10.5 Å². The first-order valence-corrected chi connectivity index (χ1v) is 7.52. The second kappa shape index (κ2) is 6.36. The van der Waals surface area contributed by atoms with Gasteiger partial charge in [-0.2, -0.15) is 0 Å². The molecule has 2 aromatic rings. The predicted molar refractivity (Wildman–Crippen MR) is 80.1 cm³/mol. The van der Waals surface area contributed by atoms with Crippen LogP contribution in [0.4, 0.5) is 0 Å². The Kier molecular flexibility index (Phi) is 4.80. The summed E-state index contributed by atoms with van der Waals surface area (Å²) >= 11 is 5.20. The van der Waals surface area contributed by atoms with Crippen LogP contribution in [0.3, 0.4) is 0 Å². The number of para-hydroxylation sites is 1. The van der Waals surface area contributed by atoms with E-state index in [9.17, 15) is 0 Å². The van der Waals surface area contributed by atoms with E-state index in [4.69, 9.17) is 10.5 Å². The fraction of sp³-hybridized carbons (Fsp3) is 0.286. The second-order valence-corrected chi connectivity index (χ2v) is 6.12. The van der Waals surface area contributed by atoms with Gasteiger partial charge in [-0.15, -0.1) is 11.3 Å². The lowest BCUT2D eigenvalue weighted by Crippen LogP contribution is -2.18. The van der Waals surface area contributed by atoms with E-state index in [2.05, 4.69) is 27.4 Å². The monoisotopic (exact) mass is 325 g/mol. The molecule has 0 aliphatic carbocycles. The van der Waals surface area contributed by atoms with E-state index in [1.165, 1.54) is 10.4 Å². The minimum absolute atomic E-state index is 0.142. The van der Waals surface area contributed by atoms with E-state index < -0.39 is 0 Å². The quantitative estimate of drug-likeness (QED) is 0.902. The summed E-state index contributed by atoms with van der Waals surface area (Å²) in [5.74, 6) is 0.926. The molecule has 1 aromatic carbocycles. The molecule has 0 radical (unpaired) electrons. The van der Waals surface area contributed by atoms with Crippen molar-refractivity contribution in [2.24, 2.45) is 5.73 Å². The highest BCUT2D eigenvalue weighted by Gasteiger charge is 2.07. The molecule has 4 heteroatoms. The smallest absolute Gasteiger partial charge is 0.124 e. The lowest BCUT2D eigenvalue weighted by molar-refractivity contribution is 0.305. The molecule has 2 nitrogen and oxygen atoms in total. The maximum Gasteiger partial charge on any atom is 0.124 e. The Hall–Kier alpha value is -0.840. The van der Waals surface area contributed by atoms with E-state index in [1.807, 2.05) is 31.2 Å². The summed E-state index contributed by atoms with van der Waals surface area (Å²) in [5, 5.41) is 2.05. The van der Waals surface area contributed by atoms with Gasteiger partial charge in [0.05, 0.1) is 4.88 Å². The van der Waals surface area contributed by atoms with Crippen LogP contribution in [0.15, 0.2) is 40.2 Å². The van der Waals surface area contributed by atoms with Crippen molar-refractivity contribution in [1.29, 1.82) is 0 Å². The molecule has 1 aromatic heterocycles. The molecule has 0 bridgehead atoms. The lowest BCUT2D eigenvalue weighted by atomic mass is 10.1. The normalized spacial score (nSPS) is 12.4. The number of rotatable bonds is 5. The number of hydrogen-bond donors (Lipinski definition) is 1.